The second-order valence-corrected chi connectivity index (χ2v) is 5.78. The van der Waals surface area contributed by atoms with E-state index in [0.717, 1.165) is 49.4 Å². The maximum atomic E-state index is 14.0. The van der Waals surface area contributed by atoms with Crippen LogP contribution in [0.15, 0.2) is 6.20 Å². The number of halogens is 3. The summed E-state index contributed by atoms with van der Waals surface area (Å²) in [4.78, 5) is 11.8. The summed E-state index contributed by atoms with van der Waals surface area (Å²) >= 11 is 0. The zero-order valence-electron chi connectivity index (χ0n) is 12.5. The Kier molecular flexibility index (Phi) is 6.25. The Bertz CT molecular complexity index is 500. The maximum absolute atomic E-state index is 14.0. The molecule has 1 saturated carbocycles. The second kappa shape index (κ2) is 7.32. The van der Waals surface area contributed by atoms with Gasteiger partial charge in [-0.25, -0.2) is 4.68 Å². The number of nitrogens with zero attached hydrogens (tertiary/aromatic N) is 3. The molecule has 0 saturated heterocycles. The van der Waals surface area contributed by atoms with Crippen LogP contribution in [0.2, 0.25) is 0 Å². The van der Waals surface area contributed by atoms with Crippen LogP contribution in [0.4, 0.5) is 8.78 Å². The van der Waals surface area contributed by atoms with Gasteiger partial charge in [-0.05, 0) is 12.8 Å². The molecule has 1 aromatic heterocycles. The first kappa shape index (κ1) is 18.8. The predicted molar refractivity (Wildman–Crippen MR) is 79.8 cm³/mol. The molecule has 0 bridgehead atoms. The molecular formula is C13H22ClF2N5O. The van der Waals surface area contributed by atoms with Gasteiger partial charge >= 0.3 is 5.92 Å². The first-order valence-corrected chi connectivity index (χ1v) is 7.15. The van der Waals surface area contributed by atoms with E-state index in [-0.39, 0.29) is 19.0 Å². The summed E-state index contributed by atoms with van der Waals surface area (Å²) in [6.07, 6.45) is 6.51. The highest BCUT2D eigenvalue weighted by Gasteiger charge is 2.44. The predicted octanol–water partition coefficient (Wildman–Crippen LogP) is 1.50. The van der Waals surface area contributed by atoms with Gasteiger partial charge in [-0.3, -0.25) is 4.79 Å². The highest BCUT2D eigenvalue weighted by atomic mass is 35.5. The fourth-order valence-electron chi connectivity index (χ4n) is 2.67. The van der Waals surface area contributed by atoms with Crippen molar-refractivity contribution in [1.29, 1.82) is 0 Å². The van der Waals surface area contributed by atoms with Gasteiger partial charge < -0.3 is 11.1 Å². The molecule has 1 aromatic rings. The third-order valence-electron chi connectivity index (χ3n) is 4.02. The number of rotatable bonds is 4. The Balaban J connectivity index is 0.00000242. The molecule has 3 N–H and O–H groups in total. The third-order valence-corrected chi connectivity index (χ3v) is 4.02. The number of carbonyl (C=O) groups excluding carboxylic acids is 1. The first-order chi connectivity index (χ1) is 9.85. The molecule has 1 heterocycles. The van der Waals surface area contributed by atoms with Gasteiger partial charge in [-0.15, -0.1) is 17.5 Å². The highest BCUT2D eigenvalue weighted by Crippen LogP contribution is 2.28. The molecule has 0 aromatic carbocycles. The number of alkyl halides is 2. The van der Waals surface area contributed by atoms with Crippen molar-refractivity contribution in [3.63, 3.8) is 0 Å². The molecule has 1 aliphatic rings. The molecule has 0 aliphatic heterocycles. The molecular weight excluding hydrogens is 316 g/mol. The number of hydrogen-bond acceptors (Lipinski definition) is 4. The molecule has 0 radical (unpaired) electrons. The van der Waals surface area contributed by atoms with Crippen molar-refractivity contribution in [2.75, 3.05) is 6.54 Å². The van der Waals surface area contributed by atoms with Gasteiger partial charge in [0.25, 0.3) is 5.91 Å². The minimum Gasteiger partial charge on any atom is -0.349 e. The lowest BCUT2D eigenvalue weighted by molar-refractivity contribution is -0.148. The van der Waals surface area contributed by atoms with E-state index in [4.69, 9.17) is 5.73 Å². The topological polar surface area (TPSA) is 85.8 Å². The molecule has 1 amide bonds. The van der Waals surface area contributed by atoms with Gasteiger partial charge in [0, 0.05) is 19.1 Å². The van der Waals surface area contributed by atoms with Crippen LogP contribution in [0.25, 0.3) is 0 Å². The van der Waals surface area contributed by atoms with Crippen LogP contribution in [0, 0.1) is 0 Å². The molecule has 6 nitrogen and oxygen atoms in total. The van der Waals surface area contributed by atoms with E-state index in [9.17, 15) is 13.6 Å². The van der Waals surface area contributed by atoms with Crippen molar-refractivity contribution >= 4 is 18.3 Å². The molecule has 1 aliphatic carbocycles. The summed E-state index contributed by atoms with van der Waals surface area (Å²) in [6, 6.07) is 0. The summed E-state index contributed by atoms with van der Waals surface area (Å²) in [7, 11) is 1.32. The number of carbonyl (C=O) groups is 1. The van der Waals surface area contributed by atoms with Gasteiger partial charge in [-0.2, -0.15) is 8.78 Å². The summed E-state index contributed by atoms with van der Waals surface area (Å²) in [6.45, 7) is 0.0622. The van der Waals surface area contributed by atoms with Crippen molar-refractivity contribution in [2.24, 2.45) is 12.8 Å². The van der Waals surface area contributed by atoms with Gasteiger partial charge in [0.1, 0.15) is 5.69 Å². The van der Waals surface area contributed by atoms with E-state index < -0.39 is 23.1 Å². The van der Waals surface area contributed by atoms with E-state index in [0.29, 0.717) is 0 Å². The van der Waals surface area contributed by atoms with Crippen LogP contribution in [-0.2, 0) is 17.8 Å². The summed E-state index contributed by atoms with van der Waals surface area (Å²) in [5.74, 6) is -5.03. The Morgan fingerprint density at radius 1 is 1.41 bits per heavy atom. The Labute approximate surface area is 134 Å². The van der Waals surface area contributed by atoms with Crippen molar-refractivity contribution in [1.82, 2.24) is 20.3 Å². The minimum absolute atomic E-state index is 0. The lowest BCUT2D eigenvalue weighted by Gasteiger charge is -2.29. The normalized spacial score (nSPS) is 18.2. The largest absolute Gasteiger partial charge is 0.367 e. The average molecular weight is 338 g/mol. The van der Waals surface area contributed by atoms with Crippen LogP contribution in [0.3, 0.4) is 0 Å². The highest BCUT2D eigenvalue weighted by molar-refractivity contribution is 5.85. The molecule has 9 heteroatoms. The van der Waals surface area contributed by atoms with Crippen LogP contribution in [0.1, 0.15) is 44.2 Å². The van der Waals surface area contributed by atoms with E-state index in [1.807, 2.05) is 0 Å². The quantitative estimate of drug-likeness (QED) is 0.815. The van der Waals surface area contributed by atoms with E-state index in [1.54, 1.807) is 0 Å². The minimum atomic E-state index is -3.67. The Morgan fingerprint density at radius 2 is 2.00 bits per heavy atom. The standard InChI is InChI=1S/C13H21F2N5O.ClH/c1-20-10(8-18-19-20)13(14,15)11(21)17-9-12(16)6-4-2-3-5-7-12;/h8H,2-7,9,16H2,1H3,(H,17,21);1H. The summed E-state index contributed by atoms with van der Waals surface area (Å²) in [5, 5.41) is 9.09. The SMILES string of the molecule is Cl.Cn1nncc1C(F)(F)C(=O)NCC1(N)CCCCCC1. The zero-order valence-corrected chi connectivity index (χ0v) is 13.3. The van der Waals surface area contributed by atoms with Gasteiger partial charge in [0.15, 0.2) is 0 Å². The number of hydrogen-bond donors (Lipinski definition) is 2. The second-order valence-electron chi connectivity index (χ2n) is 5.78. The van der Waals surface area contributed by atoms with Crippen molar-refractivity contribution in [2.45, 2.75) is 50.0 Å². The Hall–Kier alpha value is -1.28. The van der Waals surface area contributed by atoms with E-state index in [1.165, 1.54) is 7.05 Å². The number of amides is 1. The molecule has 1 fully saturated rings. The van der Waals surface area contributed by atoms with Crippen LogP contribution < -0.4 is 11.1 Å². The number of nitrogens with one attached hydrogen (secondary N) is 1. The molecule has 22 heavy (non-hydrogen) atoms. The van der Waals surface area contributed by atoms with Crippen molar-refractivity contribution in [3.05, 3.63) is 11.9 Å². The molecule has 0 spiro atoms. The van der Waals surface area contributed by atoms with Gasteiger partial charge in [0.05, 0.1) is 6.20 Å². The van der Waals surface area contributed by atoms with Crippen LogP contribution in [-0.4, -0.2) is 33.0 Å². The van der Waals surface area contributed by atoms with Crippen LogP contribution in [0.5, 0.6) is 0 Å². The maximum Gasteiger partial charge on any atom is 0.367 e. The molecule has 2 rings (SSSR count). The lowest BCUT2D eigenvalue weighted by atomic mass is 9.91. The average Bonchev–Trinajstić information content (AvgIpc) is 2.75. The lowest BCUT2D eigenvalue weighted by Crippen LogP contribution is -2.52. The van der Waals surface area contributed by atoms with Crippen molar-refractivity contribution < 1.29 is 13.6 Å². The first-order valence-electron chi connectivity index (χ1n) is 7.15. The molecule has 0 unspecified atom stereocenters. The number of aromatic nitrogens is 3. The fourth-order valence-corrected chi connectivity index (χ4v) is 2.67. The molecule has 0 atom stereocenters. The number of nitrogens with two attached hydrogens (primary N) is 1. The number of aryl methyl sites for hydroxylation is 1. The summed E-state index contributed by atoms with van der Waals surface area (Å²) < 4.78 is 29.0. The Morgan fingerprint density at radius 3 is 2.50 bits per heavy atom. The van der Waals surface area contributed by atoms with E-state index in [2.05, 4.69) is 15.6 Å². The smallest absolute Gasteiger partial charge is 0.349 e. The van der Waals surface area contributed by atoms with Crippen molar-refractivity contribution in [3.8, 4) is 0 Å². The van der Waals surface area contributed by atoms with Gasteiger partial charge in [0.2, 0.25) is 0 Å². The van der Waals surface area contributed by atoms with Gasteiger partial charge in [-0.1, -0.05) is 30.9 Å². The van der Waals surface area contributed by atoms with Crippen LogP contribution >= 0.6 is 12.4 Å². The third kappa shape index (κ3) is 4.13. The fraction of sp³-hybridized carbons (Fsp3) is 0.769. The summed E-state index contributed by atoms with van der Waals surface area (Å²) in [5.41, 5.74) is 5.08. The zero-order chi connectivity index (χ0) is 15.5. The monoisotopic (exact) mass is 337 g/mol. The molecule has 126 valence electrons. The van der Waals surface area contributed by atoms with E-state index >= 15 is 0 Å².